The van der Waals surface area contributed by atoms with Crippen LogP contribution in [0, 0.1) is 6.92 Å². The predicted molar refractivity (Wildman–Crippen MR) is 77.2 cm³/mol. The molecular formula is C15H24N2O. The number of aryl methyl sites for hydroxylation is 1. The van der Waals surface area contributed by atoms with Crippen LogP contribution in [0.3, 0.4) is 0 Å². The molecule has 1 amide bonds. The van der Waals surface area contributed by atoms with Crippen LogP contribution < -0.4 is 5.32 Å². The summed E-state index contributed by atoms with van der Waals surface area (Å²) < 4.78 is 0. The molecule has 18 heavy (non-hydrogen) atoms. The highest BCUT2D eigenvalue weighted by Crippen LogP contribution is 2.16. The molecule has 3 nitrogen and oxygen atoms in total. The highest BCUT2D eigenvalue weighted by Gasteiger charge is 2.13. The third-order valence-electron chi connectivity index (χ3n) is 2.94. The Morgan fingerprint density at radius 3 is 2.56 bits per heavy atom. The Bertz CT molecular complexity index is 401. The van der Waals surface area contributed by atoms with Gasteiger partial charge in [-0.05, 0) is 43.5 Å². The Hall–Kier alpha value is -1.51. The van der Waals surface area contributed by atoms with Gasteiger partial charge in [-0.15, -0.1) is 0 Å². The van der Waals surface area contributed by atoms with Gasteiger partial charge in [0.25, 0.3) is 5.91 Å². The molecule has 0 radical (unpaired) electrons. The molecule has 0 bridgehead atoms. The summed E-state index contributed by atoms with van der Waals surface area (Å²) in [6, 6.07) is 5.94. The molecule has 0 unspecified atom stereocenters. The summed E-state index contributed by atoms with van der Waals surface area (Å²) in [4.78, 5) is 14.0. The molecule has 0 saturated carbocycles. The molecule has 1 rings (SSSR count). The summed E-state index contributed by atoms with van der Waals surface area (Å²) in [5.74, 6) is 0.108. The van der Waals surface area contributed by atoms with Crippen LogP contribution in [0.2, 0.25) is 0 Å². The first-order valence-corrected chi connectivity index (χ1v) is 6.70. The van der Waals surface area contributed by atoms with E-state index in [0.717, 1.165) is 42.7 Å². The lowest BCUT2D eigenvalue weighted by Crippen LogP contribution is -2.28. The van der Waals surface area contributed by atoms with E-state index in [1.165, 1.54) is 0 Å². The molecule has 1 aromatic rings. The number of anilines is 1. The molecule has 0 heterocycles. The first kappa shape index (κ1) is 14.6. The van der Waals surface area contributed by atoms with Crippen molar-refractivity contribution < 1.29 is 4.79 Å². The topological polar surface area (TPSA) is 32.3 Å². The summed E-state index contributed by atoms with van der Waals surface area (Å²) in [6.45, 7) is 7.96. The number of benzene rings is 1. The lowest BCUT2D eigenvalue weighted by molar-refractivity contribution is 0.0794. The third-order valence-corrected chi connectivity index (χ3v) is 2.94. The van der Waals surface area contributed by atoms with Gasteiger partial charge in [-0.25, -0.2) is 0 Å². The number of hydrogen-bond acceptors (Lipinski definition) is 2. The van der Waals surface area contributed by atoms with E-state index >= 15 is 0 Å². The summed E-state index contributed by atoms with van der Waals surface area (Å²) >= 11 is 0. The van der Waals surface area contributed by atoms with Gasteiger partial charge in [-0.2, -0.15) is 0 Å². The van der Waals surface area contributed by atoms with Gasteiger partial charge < -0.3 is 10.2 Å². The zero-order valence-electron chi connectivity index (χ0n) is 11.9. The summed E-state index contributed by atoms with van der Waals surface area (Å²) in [5, 5.41) is 3.33. The Morgan fingerprint density at radius 1 is 1.28 bits per heavy atom. The minimum atomic E-state index is 0.108. The Morgan fingerprint density at radius 2 is 2.00 bits per heavy atom. The molecule has 0 aliphatic rings. The number of nitrogens with one attached hydrogen (secondary N) is 1. The van der Waals surface area contributed by atoms with E-state index < -0.39 is 0 Å². The second-order valence-electron chi connectivity index (χ2n) is 4.68. The van der Waals surface area contributed by atoms with Gasteiger partial charge in [0.1, 0.15) is 0 Å². The van der Waals surface area contributed by atoms with Crippen LogP contribution in [0.1, 0.15) is 42.6 Å². The molecule has 3 heteroatoms. The zero-order valence-corrected chi connectivity index (χ0v) is 11.9. The number of carbonyl (C=O) groups is 1. The van der Waals surface area contributed by atoms with Gasteiger partial charge in [0, 0.05) is 31.4 Å². The van der Waals surface area contributed by atoms with Crippen LogP contribution in [-0.2, 0) is 0 Å². The van der Waals surface area contributed by atoms with Crippen molar-refractivity contribution in [1.29, 1.82) is 0 Å². The summed E-state index contributed by atoms with van der Waals surface area (Å²) in [7, 11) is 1.86. The number of amides is 1. The summed E-state index contributed by atoms with van der Waals surface area (Å²) in [6.07, 6.45) is 2.08. The van der Waals surface area contributed by atoms with E-state index in [1.54, 1.807) is 4.90 Å². The molecule has 0 aromatic heterocycles. The monoisotopic (exact) mass is 248 g/mol. The molecule has 0 aliphatic heterocycles. The van der Waals surface area contributed by atoms with Crippen molar-refractivity contribution in [3.8, 4) is 0 Å². The van der Waals surface area contributed by atoms with Gasteiger partial charge in [0.05, 0.1) is 0 Å². The molecule has 0 saturated heterocycles. The van der Waals surface area contributed by atoms with E-state index in [0.29, 0.717) is 0 Å². The van der Waals surface area contributed by atoms with Gasteiger partial charge in [-0.1, -0.05) is 13.8 Å². The number of hydrogen-bond donors (Lipinski definition) is 1. The average molecular weight is 248 g/mol. The number of rotatable bonds is 6. The lowest BCUT2D eigenvalue weighted by Gasteiger charge is -2.18. The van der Waals surface area contributed by atoms with Crippen LogP contribution in [0.4, 0.5) is 5.69 Å². The quantitative estimate of drug-likeness (QED) is 0.837. The van der Waals surface area contributed by atoms with E-state index in [-0.39, 0.29) is 5.91 Å². The molecule has 1 aromatic carbocycles. The first-order chi connectivity index (χ1) is 8.60. The van der Waals surface area contributed by atoms with Crippen LogP contribution in [0.25, 0.3) is 0 Å². The van der Waals surface area contributed by atoms with E-state index in [9.17, 15) is 4.79 Å². The molecule has 0 spiro atoms. The lowest BCUT2D eigenvalue weighted by atomic mass is 10.1. The Balaban J connectivity index is 2.81. The maximum Gasteiger partial charge on any atom is 0.253 e. The standard InChI is InChI=1S/C15H24N2O/c1-5-9-16-13-7-8-14(12(3)11-13)15(18)17(4)10-6-2/h7-8,11,16H,5-6,9-10H2,1-4H3. The minimum absolute atomic E-state index is 0.108. The van der Waals surface area contributed by atoms with Gasteiger partial charge in [0.2, 0.25) is 0 Å². The van der Waals surface area contributed by atoms with Crippen LogP contribution in [0.5, 0.6) is 0 Å². The number of carbonyl (C=O) groups excluding carboxylic acids is 1. The fourth-order valence-corrected chi connectivity index (χ4v) is 1.93. The fraction of sp³-hybridized carbons (Fsp3) is 0.533. The predicted octanol–water partition coefficient (Wildman–Crippen LogP) is 3.30. The van der Waals surface area contributed by atoms with Crippen LogP contribution >= 0.6 is 0 Å². The van der Waals surface area contributed by atoms with Crippen molar-refractivity contribution in [2.45, 2.75) is 33.6 Å². The smallest absolute Gasteiger partial charge is 0.253 e. The van der Waals surface area contributed by atoms with Crippen molar-refractivity contribution in [3.05, 3.63) is 29.3 Å². The van der Waals surface area contributed by atoms with Crippen LogP contribution in [0.15, 0.2) is 18.2 Å². The highest BCUT2D eigenvalue weighted by molar-refractivity contribution is 5.95. The normalized spacial score (nSPS) is 10.2. The molecule has 0 fully saturated rings. The number of nitrogens with zero attached hydrogens (tertiary/aromatic N) is 1. The van der Waals surface area contributed by atoms with Gasteiger partial charge in [-0.3, -0.25) is 4.79 Å². The summed E-state index contributed by atoms with van der Waals surface area (Å²) in [5.41, 5.74) is 2.92. The van der Waals surface area contributed by atoms with Crippen molar-refractivity contribution in [1.82, 2.24) is 4.90 Å². The fourth-order valence-electron chi connectivity index (χ4n) is 1.93. The molecule has 100 valence electrons. The van der Waals surface area contributed by atoms with Crippen molar-refractivity contribution >= 4 is 11.6 Å². The minimum Gasteiger partial charge on any atom is -0.385 e. The third kappa shape index (κ3) is 3.76. The average Bonchev–Trinajstić information content (AvgIpc) is 2.36. The second-order valence-corrected chi connectivity index (χ2v) is 4.68. The first-order valence-electron chi connectivity index (χ1n) is 6.70. The SMILES string of the molecule is CCCNc1ccc(C(=O)N(C)CCC)c(C)c1. The largest absolute Gasteiger partial charge is 0.385 e. The maximum atomic E-state index is 12.2. The Labute approximate surface area is 110 Å². The second kappa shape index (κ2) is 7.04. The van der Waals surface area contributed by atoms with Crippen molar-refractivity contribution in [2.75, 3.05) is 25.5 Å². The van der Waals surface area contributed by atoms with E-state index in [1.807, 2.05) is 32.2 Å². The van der Waals surface area contributed by atoms with Crippen LogP contribution in [-0.4, -0.2) is 30.9 Å². The van der Waals surface area contributed by atoms with Crippen molar-refractivity contribution in [3.63, 3.8) is 0 Å². The molecule has 0 atom stereocenters. The van der Waals surface area contributed by atoms with E-state index in [2.05, 4.69) is 19.2 Å². The zero-order chi connectivity index (χ0) is 13.5. The maximum absolute atomic E-state index is 12.2. The highest BCUT2D eigenvalue weighted by atomic mass is 16.2. The molecular weight excluding hydrogens is 224 g/mol. The van der Waals surface area contributed by atoms with Gasteiger partial charge >= 0.3 is 0 Å². The molecule has 0 aliphatic carbocycles. The Kier molecular flexibility index (Phi) is 5.69. The van der Waals surface area contributed by atoms with Gasteiger partial charge in [0.15, 0.2) is 0 Å². The van der Waals surface area contributed by atoms with Crippen molar-refractivity contribution in [2.24, 2.45) is 0 Å². The molecule has 1 N–H and O–H groups in total. The van der Waals surface area contributed by atoms with E-state index in [4.69, 9.17) is 0 Å².